The molecule has 0 unspecified atom stereocenters. The normalized spacial score (nSPS) is 20.2. The summed E-state index contributed by atoms with van der Waals surface area (Å²) in [6.45, 7) is 8.97. The Morgan fingerprint density at radius 1 is 1.03 bits per heavy atom. The summed E-state index contributed by atoms with van der Waals surface area (Å²) < 4.78 is 0. The van der Waals surface area contributed by atoms with Gasteiger partial charge in [0.1, 0.15) is 6.04 Å². The number of aryl methyl sites for hydroxylation is 1. The van der Waals surface area contributed by atoms with Crippen molar-refractivity contribution in [1.82, 2.24) is 15.1 Å². The molecule has 0 bridgehead atoms. The van der Waals surface area contributed by atoms with Crippen LogP contribution >= 0.6 is 0 Å². The number of rotatable bonds is 6. The SMILES string of the molecule is CCc1ccc([C@@H](C)NC(=O)CN2CCc3ccccc3[C@H]2C(=O)N2CCC(C)CC2)cc1. The van der Waals surface area contributed by atoms with Crippen LogP contribution in [0.3, 0.4) is 0 Å². The lowest BCUT2D eigenvalue weighted by Gasteiger charge is -2.40. The Morgan fingerprint density at radius 3 is 2.42 bits per heavy atom. The second-order valence-electron chi connectivity index (χ2n) is 9.71. The summed E-state index contributed by atoms with van der Waals surface area (Å²) in [4.78, 5) is 30.8. The van der Waals surface area contributed by atoms with E-state index < -0.39 is 0 Å². The first kappa shape index (κ1) is 23.5. The summed E-state index contributed by atoms with van der Waals surface area (Å²) in [5.74, 6) is 0.777. The molecule has 2 aromatic carbocycles. The molecule has 0 aliphatic carbocycles. The number of hydrogen-bond acceptors (Lipinski definition) is 3. The van der Waals surface area contributed by atoms with E-state index in [-0.39, 0.29) is 30.4 Å². The third-order valence-electron chi connectivity index (χ3n) is 7.32. The molecule has 0 saturated carbocycles. The minimum atomic E-state index is -0.381. The molecule has 2 atom stereocenters. The highest BCUT2D eigenvalue weighted by Gasteiger charge is 2.37. The van der Waals surface area contributed by atoms with E-state index in [2.05, 4.69) is 60.5 Å². The molecule has 2 aliphatic rings. The van der Waals surface area contributed by atoms with Crippen molar-refractivity contribution in [3.05, 3.63) is 70.8 Å². The molecule has 0 aromatic heterocycles. The summed E-state index contributed by atoms with van der Waals surface area (Å²) in [5, 5.41) is 3.14. The van der Waals surface area contributed by atoms with Crippen LogP contribution in [0.5, 0.6) is 0 Å². The van der Waals surface area contributed by atoms with Gasteiger partial charge in [-0.3, -0.25) is 14.5 Å². The molecule has 5 heteroatoms. The fourth-order valence-electron chi connectivity index (χ4n) is 5.08. The molecule has 1 saturated heterocycles. The first-order valence-electron chi connectivity index (χ1n) is 12.4. The Hall–Kier alpha value is -2.66. The van der Waals surface area contributed by atoms with Crippen LogP contribution in [0, 0.1) is 5.92 Å². The molecule has 2 amide bonds. The van der Waals surface area contributed by atoms with Gasteiger partial charge in [-0.25, -0.2) is 0 Å². The highest BCUT2D eigenvalue weighted by atomic mass is 16.2. The van der Waals surface area contributed by atoms with Gasteiger partial charge in [0.2, 0.25) is 11.8 Å². The molecule has 2 aromatic rings. The van der Waals surface area contributed by atoms with Gasteiger partial charge in [0.05, 0.1) is 12.6 Å². The van der Waals surface area contributed by atoms with Crippen molar-refractivity contribution in [2.75, 3.05) is 26.2 Å². The molecule has 33 heavy (non-hydrogen) atoms. The lowest BCUT2D eigenvalue weighted by Crippen LogP contribution is -2.50. The maximum Gasteiger partial charge on any atom is 0.244 e. The third-order valence-corrected chi connectivity index (χ3v) is 7.32. The smallest absolute Gasteiger partial charge is 0.244 e. The van der Waals surface area contributed by atoms with E-state index >= 15 is 0 Å². The number of fused-ring (bicyclic) bond motifs is 1. The van der Waals surface area contributed by atoms with E-state index in [1.54, 1.807) is 0 Å². The summed E-state index contributed by atoms with van der Waals surface area (Å²) in [7, 11) is 0. The van der Waals surface area contributed by atoms with E-state index in [9.17, 15) is 9.59 Å². The average molecular weight is 448 g/mol. The van der Waals surface area contributed by atoms with Crippen LogP contribution in [0.15, 0.2) is 48.5 Å². The number of nitrogens with zero attached hydrogens (tertiary/aromatic N) is 2. The van der Waals surface area contributed by atoms with E-state index in [1.165, 1.54) is 11.1 Å². The lowest BCUT2D eigenvalue weighted by atomic mass is 9.90. The van der Waals surface area contributed by atoms with Crippen LogP contribution in [0.25, 0.3) is 0 Å². The van der Waals surface area contributed by atoms with Gasteiger partial charge in [-0.2, -0.15) is 0 Å². The van der Waals surface area contributed by atoms with Gasteiger partial charge < -0.3 is 10.2 Å². The van der Waals surface area contributed by atoms with Crippen LogP contribution in [0.4, 0.5) is 0 Å². The molecule has 2 aliphatic heterocycles. The Balaban J connectivity index is 1.47. The summed E-state index contributed by atoms with van der Waals surface area (Å²) in [6, 6.07) is 16.2. The average Bonchev–Trinajstić information content (AvgIpc) is 2.84. The van der Waals surface area contributed by atoms with Gasteiger partial charge in [-0.1, -0.05) is 62.4 Å². The minimum absolute atomic E-state index is 0.0356. The number of hydrogen-bond donors (Lipinski definition) is 1. The number of likely N-dealkylation sites (tertiary alicyclic amines) is 1. The maximum absolute atomic E-state index is 13.7. The first-order chi connectivity index (χ1) is 16.0. The molecule has 0 spiro atoms. The summed E-state index contributed by atoms with van der Waals surface area (Å²) in [5.41, 5.74) is 4.67. The largest absolute Gasteiger partial charge is 0.348 e. The molecule has 4 rings (SSSR count). The molecule has 0 radical (unpaired) electrons. The van der Waals surface area contributed by atoms with Crippen LogP contribution < -0.4 is 5.32 Å². The molecule has 2 heterocycles. The standard InChI is InChI=1S/C28H37N3O2/c1-4-22-9-11-23(12-10-22)21(3)29-26(32)19-31-18-15-24-7-5-6-8-25(24)27(31)28(33)30-16-13-20(2)14-17-30/h5-12,20-21,27H,4,13-19H2,1-3H3,(H,29,32)/t21-,27+/m1/s1. The number of amides is 2. The monoisotopic (exact) mass is 447 g/mol. The fourth-order valence-corrected chi connectivity index (χ4v) is 5.08. The molecule has 1 fully saturated rings. The molecule has 176 valence electrons. The van der Waals surface area contributed by atoms with Crippen molar-refractivity contribution in [3.8, 4) is 0 Å². The topological polar surface area (TPSA) is 52.7 Å². The predicted octanol–water partition coefficient (Wildman–Crippen LogP) is 4.28. The minimum Gasteiger partial charge on any atom is -0.348 e. The predicted molar refractivity (Wildman–Crippen MR) is 132 cm³/mol. The number of benzene rings is 2. The molecule has 1 N–H and O–H groups in total. The van der Waals surface area contributed by atoms with Crippen LogP contribution in [-0.4, -0.2) is 47.8 Å². The molecular weight excluding hydrogens is 410 g/mol. The van der Waals surface area contributed by atoms with Gasteiger partial charge in [0.25, 0.3) is 0 Å². The number of carbonyl (C=O) groups excluding carboxylic acids is 2. The Bertz CT molecular complexity index is 963. The second kappa shape index (κ2) is 10.5. The summed E-state index contributed by atoms with van der Waals surface area (Å²) >= 11 is 0. The number of nitrogens with one attached hydrogen (secondary N) is 1. The van der Waals surface area contributed by atoms with Gasteiger partial charge in [0, 0.05) is 19.6 Å². The van der Waals surface area contributed by atoms with Crippen molar-refractivity contribution in [3.63, 3.8) is 0 Å². The third kappa shape index (κ3) is 5.47. The van der Waals surface area contributed by atoms with Gasteiger partial charge in [-0.15, -0.1) is 0 Å². The number of piperidine rings is 1. The van der Waals surface area contributed by atoms with Gasteiger partial charge in [-0.05, 0) is 60.8 Å². The van der Waals surface area contributed by atoms with Crippen LogP contribution in [0.1, 0.15) is 68.0 Å². The van der Waals surface area contributed by atoms with E-state index in [1.807, 2.05) is 24.0 Å². The zero-order chi connectivity index (χ0) is 23.4. The van der Waals surface area contributed by atoms with E-state index in [0.717, 1.165) is 49.9 Å². The van der Waals surface area contributed by atoms with Crippen molar-refractivity contribution >= 4 is 11.8 Å². The maximum atomic E-state index is 13.7. The Labute approximate surface area is 198 Å². The van der Waals surface area contributed by atoms with Crippen LogP contribution in [-0.2, 0) is 22.4 Å². The summed E-state index contributed by atoms with van der Waals surface area (Å²) in [6.07, 6.45) is 3.96. The van der Waals surface area contributed by atoms with Gasteiger partial charge in [0.15, 0.2) is 0 Å². The zero-order valence-corrected chi connectivity index (χ0v) is 20.2. The van der Waals surface area contributed by atoms with Crippen molar-refractivity contribution in [2.45, 2.75) is 58.5 Å². The van der Waals surface area contributed by atoms with Crippen molar-refractivity contribution in [2.24, 2.45) is 5.92 Å². The fraction of sp³-hybridized carbons (Fsp3) is 0.500. The highest BCUT2D eigenvalue weighted by Crippen LogP contribution is 2.32. The molecular formula is C28H37N3O2. The number of carbonyl (C=O) groups is 2. The van der Waals surface area contributed by atoms with Crippen molar-refractivity contribution < 1.29 is 9.59 Å². The van der Waals surface area contributed by atoms with E-state index in [4.69, 9.17) is 0 Å². The highest BCUT2D eigenvalue weighted by molar-refractivity contribution is 5.86. The molecule has 5 nitrogen and oxygen atoms in total. The lowest BCUT2D eigenvalue weighted by molar-refractivity contribution is -0.140. The second-order valence-corrected chi connectivity index (χ2v) is 9.71. The Morgan fingerprint density at radius 2 is 1.73 bits per heavy atom. The van der Waals surface area contributed by atoms with Crippen LogP contribution in [0.2, 0.25) is 0 Å². The van der Waals surface area contributed by atoms with Crippen molar-refractivity contribution in [1.29, 1.82) is 0 Å². The van der Waals surface area contributed by atoms with Gasteiger partial charge >= 0.3 is 0 Å². The quantitative estimate of drug-likeness (QED) is 0.719. The first-order valence-corrected chi connectivity index (χ1v) is 12.4. The van der Waals surface area contributed by atoms with E-state index in [0.29, 0.717) is 12.5 Å². The Kier molecular flexibility index (Phi) is 7.49. The zero-order valence-electron chi connectivity index (χ0n) is 20.2.